The van der Waals surface area contributed by atoms with E-state index in [1.54, 1.807) is 0 Å². The predicted molar refractivity (Wildman–Crippen MR) is 69.5 cm³/mol. The van der Waals surface area contributed by atoms with Gasteiger partial charge in [0, 0.05) is 6.04 Å². The van der Waals surface area contributed by atoms with Gasteiger partial charge in [0.25, 0.3) is 0 Å². The lowest BCUT2D eigenvalue weighted by Gasteiger charge is -2.26. The van der Waals surface area contributed by atoms with Crippen LogP contribution in [0.15, 0.2) is 24.3 Å². The summed E-state index contributed by atoms with van der Waals surface area (Å²) in [5.41, 5.74) is 9.05. The van der Waals surface area contributed by atoms with Gasteiger partial charge in [0.2, 0.25) is 0 Å². The molecule has 1 aromatic carbocycles. The van der Waals surface area contributed by atoms with E-state index in [1.807, 2.05) is 0 Å². The van der Waals surface area contributed by atoms with Crippen molar-refractivity contribution in [2.45, 2.75) is 57.4 Å². The zero-order valence-corrected chi connectivity index (χ0v) is 10.3. The molecule has 2 rings (SSSR count). The molecule has 1 unspecified atom stereocenters. The van der Waals surface area contributed by atoms with Crippen molar-refractivity contribution in [1.29, 1.82) is 0 Å². The van der Waals surface area contributed by atoms with Gasteiger partial charge < -0.3 is 5.73 Å². The molecular formula is C15H23N. The van der Waals surface area contributed by atoms with Crippen LogP contribution < -0.4 is 5.73 Å². The van der Waals surface area contributed by atoms with E-state index in [9.17, 15) is 0 Å². The van der Waals surface area contributed by atoms with Crippen LogP contribution in [0.3, 0.4) is 0 Å². The second kappa shape index (κ2) is 5.49. The van der Waals surface area contributed by atoms with Gasteiger partial charge in [-0.3, -0.25) is 0 Å². The minimum atomic E-state index is 0.236. The Hall–Kier alpha value is -0.820. The van der Waals surface area contributed by atoms with Crippen LogP contribution in [-0.2, 0) is 0 Å². The van der Waals surface area contributed by atoms with Gasteiger partial charge in [-0.1, -0.05) is 50.5 Å². The van der Waals surface area contributed by atoms with Crippen LogP contribution in [0.1, 0.15) is 68.5 Å². The fourth-order valence-corrected chi connectivity index (χ4v) is 2.38. The molecular weight excluding hydrogens is 194 g/mol. The van der Waals surface area contributed by atoms with Crippen LogP contribution >= 0.6 is 0 Å². The predicted octanol–water partition coefficient (Wildman–Crippen LogP) is 4.14. The van der Waals surface area contributed by atoms with Gasteiger partial charge in [0.05, 0.1) is 0 Å². The maximum Gasteiger partial charge on any atom is 0.0294 e. The summed E-state index contributed by atoms with van der Waals surface area (Å²) >= 11 is 0. The van der Waals surface area contributed by atoms with E-state index >= 15 is 0 Å². The van der Waals surface area contributed by atoms with Gasteiger partial charge in [-0.15, -0.1) is 0 Å². The van der Waals surface area contributed by atoms with E-state index < -0.39 is 0 Å². The molecule has 0 bridgehead atoms. The number of unbranched alkanes of at least 4 members (excludes halogenated alkanes) is 1. The van der Waals surface area contributed by atoms with E-state index in [4.69, 9.17) is 5.73 Å². The Morgan fingerprint density at radius 2 is 2.19 bits per heavy atom. The van der Waals surface area contributed by atoms with Crippen LogP contribution in [0.25, 0.3) is 0 Å². The van der Waals surface area contributed by atoms with Crippen LogP contribution in [-0.4, -0.2) is 0 Å². The number of nitrogens with two attached hydrogens (primary N) is 1. The third-order valence-electron chi connectivity index (χ3n) is 3.78. The molecule has 0 aliphatic heterocycles. The van der Waals surface area contributed by atoms with Gasteiger partial charge in [0.15, 0.2) is 0 Å². The highest BCUT2D eigenvalue weighted by molar-refractivity contribution is 5.29. The summed E-state index contributed by atoms with van der Waals surface area (Å²) in [7, 11) is 0. The van der Waals surface area contributed by atoms with Gasteiger partial charge in [0.1, 0.15) is 0 Å². The van der Waals surface area contributed by atoms with E-state index in [-0.39, 0.29) is 6.04 Å². The molecule has 1 saturated carbocycles. The van der Waals surface area contributed by atoms with E-state index in [0.717, 1.165) is 12.3 Å². The van der Waals surface area contributed by atoms with Crippen molar-refractivity contribution in [2.75, 3.05) is 0 Å². The van der Waals surface area contributed by atoms with Crippen molar-refractivity contribution < 1.29 is 0 Å². The van der Waals surface area contributed by atoms with E-state index in [0.29, 0.717) is 0 Å². The molecule has 0 spiro atoms. The topological polar surface area (TPSA) is 26.0 Å². The molecule has 1 aromatic rings. The van der Waals surface area contributed by atoms with Crippen molar-refractivity contribution >= 4 is 0 Å². The maximum atomic E-state index is 6.21. The largest absolute Gasteiger partial charge is 0.324 e. The molecule has 2 N–H and O–H groups in total. The highest BCUT2D eigenvalue weighted by Gasteiger charge is 2.19. The zero-order chi connectivity index (χ0) is 11.4. The Morgan fingerprint density at radius 1 is 1.38 bits per heavy atom. The molecule has 16 heavy (non-hydrogen) atoms. The maximum absolute atomic E-state index is 6.21. The van der Waals surface area contributed by atoms with E-state index in [2.05, 4.69) is 31.2 Å². The fraction of sp³-hybridized carbons (Fsp3) is 0.600. The first-order chi connectivity index (χ1) is 7.81. The first kappa shape index (κ1) is 11.7. The molecule has 0 aromatic heterocycles. The Morgan fingerprint density at radius 3 is 2.81 bits per heavy atom. The SMILES string of the molecule is CCCCC(N)c1cccc(C2CCC2)c1. The van der Waals surface area contributed by atoms with Crippen molar-refractivity contribution in [1.82, 2.24) is 0 Å². The van der Waals surface area contributed by atoms with Crippen LogP contribution in [0.2, 0.25) is 0 Å². The summed E-state index contributed by atoms with van der Waals surface area (Å²) < 4.78 is 0. The molecule has 0 amide bonds. The average molecular weight is 217 g/mol. The summed E-state index contributed by atoms with van der Waals surface area (Å²) in [5, 5.41) is 0. The number of rotatable bonds is 5. The van der Waals surface area contributed by atoms with Crippen LogP contribution in [0, 0.1) is 0 Å². The quantitative estimate of drug-likeness (QED) is 0.788. The highest BCUT2D eigenvalue weighted by Crippen LogP contribution is 2.37. The summed E-state index contributed by atoms with van der Waals surface area (Å²) in [5.74, 6) is 0.818. The highest BCUT2D eigenvalue weighted by atomic mass is 14.6. The third-order valence-corrected chi connectivity index (χ3v) is 3.78. The number of benzene rings is 1. The molecule has 1 nitrogen and oxygen atoms in total. The Balaban J connectivity index is 2.02. The number of hydrogen-bond acceptors (Lipinski definition) is 1. The summed E-state index contributed by atoms with van der Waals surface area (Å²) in [6.07, 6.45) is 7.72. The van der Waals surface area contributed by atoms with Gasteiger partial charge >= 0.3 is 0 Å². The smallest absolute Gasteiger partial charge is 0.0294 e. The standard InChI is InChI=1S/C15H23N/c1-2-3-10-15(16)14-9-5-8-13(11-14)12-6-4-7-12/h5,8-9,11-12,15H,2-4,6-7,10,16H2,1H3. The normalized spacial score (nSPS) is 18.1. The molecule has 1 aliphatic carbocycles. The van der Waals surface area contributed by atoms with Crippen LogP contribution in [0.4, 0.5) is 0 Å². The monoisotopic (exact) mass is 217 g/mol. The summed E-state index contributed by atoms with van der Waals surface area (Å²) in [6, 6.07) is 9.20. The molecule has 0 heterocycles. The van der Waals surface area contributed by atoms with Crippen LogP contribution in [0.5, 0.6) is 0 Å². The van der Waals surface area contributed by atoms with Crippen molar-refractivity contribution in [3.63, 3.8) is 0 Å². The summed E-state index contributed by atoms with van der Waals surface area (Å²) in [6.45, 7) is 2.22. The molecule has 88 valence electrons. The van der Waals surface area contributed by atoms with E-state index in [1.165, 1.54) is 43.2 Å². The lowest BCUT2D eigenvalue weighted by atomic mass is 9.79. The molecule has 0 radical (unpaired) electrons. The minimum Gasteiger partial charge on any atom is -0.324 e. The van der Waals surface area contributed by atoms with Gasteiger partial charge in [-0.25, -0.2) is 0 Å². The Labute approximate surface area is 99.0 Å². The molecule has 1 atom stereocenters. The van der Waals surface area contributed by atoms with Crippen molar-refractivity contribution in [3.05, 3.63) is 35.4 Å². The first-order valence-electron chi connectivity index (χ1n) is 6.66. The summed E-state index contributed by atoms with van der Waals surface area (Å²) in [4.78, 5) is 0. The number of hydrogen-bond donors (Lipinski definition) is 1. The van der Waals surface area contributed by atoms with Crippen molar-refractivity contribution in [3.8, 4) is 0 Å². The lowest BCUT2D eigenvalue weighted by molar-refractivity contribution is 0.419. The third kappa shape index (κ3) is 2.65. The molecule has 1 fully saturated rings. The second-order valence-electron chi connectivity index (χ2n) is 5.05. The Bertz CT molecular complexity index is 328. The first-order valence-corrected chi connectivity index (χ1v) is 6.66. The van der Waals surface area contributed by atoms with Gasteiger partial charge in [-0.05, 0) is 36.3 Å². The average Bonchev–Trinajstić information content (AvgIpc) is 2.24. The Kier molecular flexibility index (Phi) is 4.00. The van der Waals surface area contributed by atoms with Gasteiger partial charge in [-0.2, -0.15) is 0 Å². The zero-order valence-electron chi connectivity index (χ0n) is 10.3. The molecule has 0 saturated heterocycles. The molecule has 1 heteroatoms. The lowest BCUT2D eigenvalue weighted by Crippen LogP contribution is -2.13. The second-order valence-corrected chi connectivity index (χ2v) is 5.05. The molecule has 1 aliphatic rings. The van der Waals surface area contributed by atoms with Crippen molar-refractivity contribution in [2.24, 2.45) is 5.73 Å². The minimum absolute atomic E-state index is 0.236. The fourth-order valence-electron chi connectivity index (χ4n) is 2.38.